The second-order valence-corrected chi connectivity index (χ2v) is 5.64. The van der Waals surface area contributed by atoms with E-state index < -0.39 is 10.8 Å². The van der Waals surface area contributed by atoms with Crippen molar-refractivity contribution in [3.8, 4) is 0 Å². The van der Waals surface area contributed by atoms with Crippen molar-refractivity contribution in [3.63, 3.8) is 0 Å². The van der Waals surface area contributed by atoms with Crippen LogP contribution in [0.3, 0.4) is 0 Å². The van der Waals surface area contributed by atoms with Gasteiger partial charge < -0.3 is 5.32 Å². The largest absolute Gasteiger partial charge is 0.321 e. The van der Waals surface area contributed by atoms with Gasteiger partial charge in [0, 0.05) is 18.2 Å². The average molecular weight is 372 g/mol. The summed E-state index contributed by atoms with van der Waals surface area (Å²) < 4.78 is 0. The molecule has 118 valence electrons. The molecule has 2 aromatic rings. The lowest BCUT2D eigenvalue weighted by Crippen LogP contribution is -2.08. The fourth-order valence-electron chi connectivity index (χ4n) is 1.68. The molecule has 0 bridgehead atoms. The Labute approximate surface area is 146 Å². The highest BCUT2D eigenvalue weighted by Crippen LogP contribution is 2.27. The molecule has 0 radical (unpaired) electrons. The van der Waals surface area contributed by atoms with Crippen LogP contribution in [0.5, 0.6) is 0 Å². The van der Waals surface area contributed by atoms with Gasteiger partial charge in [0.25, 0.3) is 5.69 Å². The number of hydrogen-bond donors (Lipinski definition) is 1. The number of hydrogen-bond acceptors (Lipinski definition) is 3. The molecule has 0 aliphatic rings. The molecule has 0 atom stereocenters. The number of carbonyl (C=O) groups is 1. The van der Waals surface area contributed by atoms with Crippen molar-refractivity contribution in [1.29, 1.82) is 0 Å². The lowest BCUT2D eigenvalue weighted by atomic mass is 10.2. The van der Waals surface area contributed by atoms with Crippen LogP contribution >= 0.6 is 34.8 Å². The van der Waals surface area contributed by atoms with Crippen LogP contribution in [0.4, 0.5) is 11.4 Å². The fraction of sp³-hybridized carbons (Fsp3) is 0. The number of rotatable bonds is 4. The summed E-state index contributed by atoms with van der Waals surface area (Å²) in [5, 5.41) is 14.0. The van der Waals surface area contributed by atoms with E-state index in [9.17, 15) is 14.9 Å². The maximum Gasteiger partial charge on any atom is 0.271 e. The summed E-state index contributed by atoms with van der Waals surface area (Å²) in [6.45, 7) is 0. The Kier molecular flexibility index (Phi) is 5.60. The Morgan fingerprint density at radius 3 is 2.39 bits per heavy atom. The van der Waals surface area contributed by atoms with Gasteiger partial charge in [-0.05, 0) is 29.8 Å². The standard InChI is InChI=1S/C15H9Cl3N2O3/c16-11-4-1-9(7-12(11)17)2-6-15(21)19-14-5-3-10(20(22)23)8-13(14)18/h1-8H,(H,19,21). The van der Waals surface area contributed by atoms with E-state index in [4.69, 9.17) is 34.8 Å². The van der Waals surface area contributed by atoms with Gasteiger partial charge in [-0.15, -0.1) is 0 Å². The number of non-ortho nitro benzene ring substituents is 1. The van der Waals surface area contributed by atoms with Gasteiger partial charge in [0.1, 0.15) is 0 Å². The summed E-state index contributed by atoms with van der Waals surface area (Å²) >= 11 is 17.6. The van der Waals surface area contributed by atoms with E-state index >= 15 is 0 Å². The zero-order chi connectivity index (χ0) is 17.0. The van der Waals surface area contributed by atoms with Gasteiger partial charge in [0.2, 0.25) is 5.91 Å². The molecule has 0 heterocycles. The molecule has 1 N–H and O–H groups in total. The Balaban J connectivity index is 2.08. The summed E-state index contributed by atoms with van der Waals surface area (Å²) in [6.07, 6.45) is 2.84. The smallest absolute Gasteiger partial charge is 0.271 e. The van der Waals surface area contributed by atoms with Crippen molar-refractivity contribution >= 4 is 58.2 Å². The predicted octanol–water partition coefficient (Wildman–Crippen LogP) is 5.21. The van der Waals surface area contributed by atoms with E-state index in [2.05, 4.69) is 5.32 Å². The van der Waals surface area contributed by atoms with Crippen LogP contribution in [0.2, 0.25) is 15.1 Å². The minimum Gasteiger partial charge on any atom is -0.321 e. The molecule has 0 aliphatic heterocycles. The van der Waals surface area contributed by atoms with Gasteiger partial charge in [-0.1, -0.05) is 40.9 Å². The molecule has 1 amide bonds. The van der Waals surface area contributed by atoms with E-state index in [1.807, 2.05) is 0 Å². The zero-order valence-corrected chi connectivity index (χ0v) is 13.7. The first kappa shape index (κ1) is 17.3. The first-order chi connectivity index (χ1) is 10.9. The molecule has 23 heavy (non-hydrogen) atoms. The molecular weight excluding hydrogens is 363 g/mol. The summed E-state index contributed by atoms with van der Waals surface area (Å²) in [6, 6.07) is 8.73. The molecule has 0 aliphatic carbocycles. The highest BCUT2D eigenvalue weighted by Gasteiger charge is 2.10. The normalized spacial score (nSPS) is 10.7. The second-order valence-electron chi connectivity index (χ2n) is 4.42. The number of anilines is 1. The number of halogens is 3. The van der Waals surface area contributed by atoms with E-state index in [0.717, 1.165) is 0 Å². The van der Waals surface area contributed by atoms with Crippen molar-refractivity contribution in [2.75, 3.05) is 5.32 Å². The minimum atomic E-state index is -0.568. The monoisotopic (exact) mass is 370 g/mol. The molecule has 2 rings (SSSR count). The Morgan fingerprint density at radius 1 is 1.04 bits per heavy atom. The van der Waals surface area contributed by atoms with E-state index in [1.165, 1.54) is 24.3 Å². The number of amides is 1. The minimum absolute atomic E-state index is 0.0792. The molecule has 0 fully saturated rings. The van der Waals surface area contributed by atoms with Crippen LogP contribution in [-0.2, 0) is 4.79 Å². The fourth-order valence-corrected chi connectivity index (χ4v) is 2.21. The zero-order valence-electron chi connectivity index (χ0n) is 11.4. The summed E-state index contributed by atoms with van der Waals surface area (Å²) in [7, 11) is 0. The van der Waals surface area contributed by atoms with Crippen LogP contribution in [-0.4, -0.2) is 10.8 Å². The maximum absolute atomic E-state index is 11.9. The highest BCUT2D eigenvalue weighted by molar-refractivity contribution is 6.42. The second kappa shape index (κ2) is 7.46. The summed E-state index contributed by atoms with van der Waals surface area (Å²) in [5.41, 5.74) is 0.824. The third-order valence-electron chi connectivity index (χ3n) is 2.79. The maximum atomic E-state index is 11.9. The van der Waals surface area contributed by atoms with E-state index in [-0.39, 0.29) is 16.4 Å². The van der Waals surface area contributed by atoms with Crippen LogP contribution in [0.1, 0.15) is 5.56 Å². The van der Waals surface area contributed by atoms with Crippen molar-refractivity contribution < 1.29 is 9.72 Å². The van der Waals surface area contributed by atoms with Crippen molar-refractivity contribution in [2.45, 2.75) is 0 Å². The van der Waals surface area contributed by atoms with Gasteiger partial charge in [0.05, 0.1) is 25.7 Å². The average Bonchev–Trinajstić information content (AvgIpc) is 2.50. The number of carbonyl (C=O) groups excluding carboxylic acids is 1. The Morgan fingerprint density at radius 2 is 1.78 bits per heavy atom. The Bertz CT molecular complexity index is 807. The quantitative estimate of drug-likeness (QED) is 0.456. The number of nitro benzene ring substituents is 1. The van der Waals surface area contributed by atoms with Gasteiger partial charge in [-0.3, -0.25) is 14.9 Å². The lowest BCUT2D eigenvalue weighted by Gasteiger charge is -2.04. The topological polar surface area (TPSA) is 72.2 Å². The first-order valence-corrected chi connectivity index (χ1v) is 7.38. The molecule has 2 aromatic carbocycles. The van der Waals surface area contributed by atoms with Crippen molar-refractivity contribution in [1.82, 2.24) is 0 Å². The van der Waals surface area contributed by atoms with Gasteiger partial charge in [-0.2, -0.15) is 0 Å². The van der Waals surface area contributed by atoms with Crippen LogP contribution < -0.4 is 5.32 Å². The summed E-state index contributed by atoms with van der Waals surface area (Å²) in [5.74, 6) is -0.438. The number of benzene rings is 2. The van der Waals surface area contributed by atoms with Crippen molar-refractivity contribution in [3.05, 3.63) is 73.2 Å². The number of nitrogens with one attached hydrogen (secondary N) is 1. The number of nitro groups is 1. The molecule has 0 spiro atoms. The third kappa shape index (κ3) is 4.69. The van der Waals surface area contributed by atoms with E-state index in [1.54, 1.807) is 24.3 Å². The molecule has 0 unspecified atom stereocenters. The van der Waals surface area contributed by atoms with Crippen molar-refractivity contribution in [2.24, 2.45) is 0 Å². The Hall–Kier alpha value is -2.08. The lowest BCUT2D eigenvalue weighted by molar-refractivity contribution is -0.384. The molecular formula is C15H9Cl3N2O3. The predicted molar refractivity (Wildman–Crippen MR) is 92.2 cm³/mol. The SMILES string of the molecule is O=C(C=Cc1ccc(Cl)c(Cl)c1)Nc1ccc([N+](=O)[O-])cc1Cl. The van der Waals surface area contributed by atoms with Gasteiger partial charge in [-0.25, -0.2) is 0 Å². The first-order valence-electron chi connectivity index (χ1n) is 6.25. The van der Waals surface area contributed by atoms with Crippen LogP contribution in [0, 0.1) is 10.1 Å². The third-order valence-corrected chi connectivity index (χ3v) is 3.84. The summed E-state index contributed by atoms with van der Waals surface area (Å²) in [4.78, 5) is 21.9. The molecule has 0 saturated carbocycles. The molecule has 0 aromatic heterocycles. The van der Waals surface area contributed by atoms with Gasteiger partial charge >= 0.3 is 0 Å². The molecule has 8 heteroatoms. The number of nitrogens with zero attached hydrogens (tertiary/aromatic N) is 1. The van der Waals surface area contributed by atoms with Crippen LogP contribution in [0.15, 0.2) is 42.5 Å². The molecule has 5 nitrogen and oxygen atoms in total. The highest BCUT2D eigenvalue weighted by atomic mass is 35.5. The molecule has 0 saturated heterocycles. The van der Waals surface area contributed by atoms with Gasteiger partial charge in [0.15, 0.2) is 0 Å². The van der Waals surface area contributed by atoms with E-state index in [0.29, 0.717) is 15.6 Å². The van der Waals surface area contributed by atoms with Crippen LogP contribution in [0.25, 0.3) is 6.08 Å².